The van der Waals surface area contributed by atoms with Crippen LogP contribution in [-0.2, 0) is 21.4 Å². The van der Waals surface area contributed by atoms with Crippen molar-refractivity contribution >= 4 is 29.1 Å². The Morgan fingerprint density at radius 3 is 2.69 bits per heavy atom. The summed E-state index contributed by atoms with van der Waals surface area (Å²) in [6.45, 7) is 3.03. The zero-order valence-electron chi connectivity index (χ0n) is 20.2. The van der Waals surface area contributed by atoms with Crippen LogP contribution in [0, 0.1) is 5.92 Å². The highest BCUT2D eigenvalue weighted by atomic mass is 35.5. The van der Waals surface area contributed by atoms with E-state index in [9.17, 15) is 9.90 Å². The third kappa shape index (κ3) is 5.06. The summed E-state index contributed by atoms with van der Waals surface area (Å²) in [6, 6.07) is 13.0. The molecule has 2 aromatic carbocycles. The van der Waals surface area contributed by atoms with Gasteiger partial charge in [-0.05, 0) is 86.4 Å². The molecule has 0 spiro atoms. The lowest BCUT2D eigenvalue weighted by molar-refractivity contribution is -0.151. The molecule has 0 aromatic heterocycles. The first kappa shape index (κ1) is 24.9. The first-order valence-electron chi connectivity index (χ1n) is 12.6. The Labute approximate surface area is 217 Å². The Morgan fingerprint density at radius 2 is 1.97 bits per heavy atom. The van der Waals surface area contributed by atoms with Gasteiger partial charge < -0.3 is 20.1 Å². The quantitative estimate of drug-likeness (QED) is 0.520. The van der Waals surface area contributed by atoms with Crippen LogP contribution in [0.1, 0.15) is 49.7 Å². The summed E-state index contributed by atoms with van der Waals surface area (Å²) in [5.41, 5.74) is 1.32. The lowest BCUT2D eigenvalue weighted by atomic mass is 9.55. The molecule has 35 heavy (non-hydrogen) atoms. The molecule has 1 heterocycles. The number of carbonyl (C=O) groups is 1. The second kappa shape index (κ2) is 9.93. The maximum Gasteiger partial charge on any atom is 0.224 e. The Kier molecular flexibility index (Phi) is 7.06. The largest absolute Gasteiger partial charge is 0.508 e. The van der Waals surface area contributed by atoms with E-state index in [4.69, 9.17) is 27.9 Å². The van der Waals surface area contributed by atoms with Gasteiger partial charge in [-0.2, -0.15) is 0 Å². The van der Waals surface area contributed by atoms with Gasteiger partial charge in [-0.1, -0.05) is 41.4 Å². The molecule has 2 aromatic rings. The highest BCUT2D eigenvalue weighted by Gasteiger charge is 2.59. The molecule has 5 nitrogen and oxygen atoms in total. The van der Waals surface area contributed by atoms with Crippen LogP contribution in [0.2, 0.25) is 10.0 Å². The van der Waals surface area contributed by atoms with Crippen LogP contribution >= 0.6 is 23.2 Å². The number of fused-ring (bicyclic) bond motifs is 1. The van der Waals surface area contributed by atoms with Crippen molar-refractivity contribution in [1.82, 2.24) is 10.2 Å². The van der Waals surface area contributed by atoms with Gasteiger partial charge >= 0.3 is 0 Å². The SMILES string of the molecule is CO[C@]12CC[C@H](NC(=O)Cc3ccc(Cl)c(Cl)c3)C[C@]1(c1cccc(O)c1)CCN(CC1CC1)C2. The number of nitrogens with zero attached hydrogens (tertiary/aromatic N) is 1. The second-order valence-corrected chi connectivity index (χ2v) is 11.5. The summed E-state index contributed by atoms with van der Waals surface area (Å²) < 4.78 is 6.42. The lowest BCUT2D eigenvalue weighted by Gasteiger charge is -2.60. The van der Waals surface area contributed by atoms with Gasteiger partial charge in [0.1, 0.15) is 5.75 Å². The number of benzene rings is 2. The average Bonchev–Trinajstić information content (AvgIpc) is 3.65. The fourth-order valence-corrected chi connectivity index (χ4v) is 6.77. The number of ether oxygens (including phenoxy) is 1. The molecular formula is C28H34Cl2N2O3. The van der Waals surface area contributed by atoms with Gasteiger partial charge in [0.05, 0.1) is 22.1 Å². The number of phenols is 1. The molecule has 188 valence electrons. The van der Waals surface area contributed by atoms with Crippen molar-refractivity contribution < 1.29 is 14.6 Å². The Balaban J connectivity index is 1.38. The number of hydrogen-bond acceptors (Lipinski definition) is 4. The number of piperidine rings is 1. The van der Waals surface area contributed by atoms with Crippen LogP contribution in [0.3, 0.4) is 0 Å². The number of phenolic OH excluding ortho intramolecular Hbond substituents is 1. The van der Waals surface area contributed by atoms with Gasteiger partial charge in [-0.3, -0.25) is 4.79 Å². The van der Waals surface area contributed by atoms with Crippen LogP contribution in [0.25, 0.3) is 0 Å². The molecule has 2 N–H and O–H groups in total. The average molecular weight is 517 g/mol. The molecule has 0 radical (unpaired) electrons. The van der Waals surface area contributed by atoms with E-state index >= 15 is 0 Å². The number of rotatable bonds is 7. The number of likely N-dealkylation sites (tertiary alicyclic amines) is 1. The number of halogens is 2. The molecule has 1 amide bonds. The van der Waals surface area contributed by atoms with Crippen LogP contribution in [0.15, 0.2) is 42.5 Å². The first-order valence-corrected chi connectivity index (χ1v) is 13.4. The van der Waals surface area contributed by atoms with E-state index in [2.05, 4.69) is 16.3 Å². The normalized spacial score (nSPS) is 28.9. The predicted octanol–water partition coefficient (Wildman–Crippen LogP) is 5.35. The van der Waals surface area contributed by atoms with Crippen LogP contribution in [-0.4, -0.2) is 54.3 Å². The van der Waals surface area contributed by atoms with E-state index in [1.54, 1.807) is 18.2 Å². The number of aromatic hydroxyl groups is 1. The maximum absolute atomic E-state index is 13.0. The van der Waals surface area contributed by atoms with Gasteiger partial charge in [0.15, 0.2) is 0 Å². The van der Waals surface area contributed by atoms with E-state index < -0.39 is 0 Å². The topological polar surface area (TPSA) is 61.8 Å². The molecule has 7 heteroatoms. The Bertz CT molecular complexity index is 1090. The van der Waals surface area contributed by atoms with Crippen molar-refractivity contribution in [2.45, 2.75) is 62.0 Å². The number of nitrogens with one attached hydrogen (secondary N) is 1. The van der Waals surface area contributed by atoms with Crippen LogP contribution < -0.4 is 5.32 Å². The zero-order chi connectivity index (χ0) is 24.6. The standard InChI is InChI=1S/C28H34Cl2N2O3/c1-35-28-10-9-22(31-26(34)14-20-7-8-24(29)25(30)13-20)16-27(28,21-3-2-4-23(33)15-21)11-12-32(18-28)17-19-5-6-19/h2-4,7-8,13,15,19,22,33H,5-6,9-12,14,16-18H2,1H3,(H,31,34)/t22-,27-,28-/m0/s1. The molecule has 2 aliphatic carbocycles. The predicted molar refractivity (Wildman–Crippen MR) is 139 cm³/mol. The van der Waals surface area contributed by atoms with E-state index in [0.717, 1.165) is 62.4 Å². The van der Waals surface area contributed by atoms with Crippen molar-refractivity contribution in [3.05, 3.63) is 63.6 Å². The number of carbonyl (C=O) groups excluding carboxylic acids is 1. The number of methoxy groups -OCH3 is 1. The van der Waals surface area contributed by atoms with E-state index in [-0.39, 0.29) is 35.1 Å². The van der Waals surface area contributed by atoms with Gasteiger partial charge in [-0.25, -0.2) is 0 Å². The van der Waals surface area contributed by atoms with E-state index in [1.807, 2.05) is 25.3 Å². The summed E-state index contributed by atoms with van der Waals surface area (Å²) in [7, 11) is 1.83. The second-order valence-electron chi connectivity index (χ2n) is 10.7. The van der Waals surface area contributed by atoms with Crippen LogP contribution in [0.4, 0.5) is 0 Å². The maximum atomic E-state index is 13.0. The molecule has 3 atom stereocenters. The minimum Gasteiger partial charge on any atom is -0.508 e. The highest BCUT2D eigenvalue weighted by molar-refractivity contribution is 6.42. The zero-order valence-corrected chi connectivity index (χ0v) is 21.7. The van der Waals surface area contributed by atoms with Gasteiger partial charge in [0.2, 0.25) is 5.91 Å². The van der Waals surface area contributed by atoms with E-state index in [1.165, 1.54) is 12.8 Å². The minimum atomic E-state index is -0.348. The molecule has 2 saturated carbocycles. The van der Waals surface area contributed by atoms with Crippen molar-refractivity contribution in [2.24, 2.45) is 5.92 Å². The smallest absolute Gasteiger partial charge is 0.224 e. The van der Waals surface area contributed by atoms with E-state index in [0.29, 0.717) is 10.0 Å². The summed E-state index contributed by atoms with van der Waals surface area (Å²) in [4.78, 5) is 15.6. The summed E-state index contributed by atoms with van der Waals surface area (Å²) in [5, 5.41) is 14.6. The van der Waals surface area contributed by atoms with Crippen molar-refractivity contribution in [3.8, 4) is 5.75 Å². The van der Waals surface area contributed by atoms with Crippen molar-refractivity contribution in [2.75, 3.05) is 26.7 Å². The third-order valence-corrected chi connectivity index (χ3v) is 9.15. The summed E-state index contributed by atoms with van der Waals surface area (Å²) >= 11 is 12.2. The van der Waals surface area contributed by atoms with Gasteiger partial charge in [-0.15, -0.1) is 0 Å². The molecule has 0 unspecified atom stereocenters. The molecule has 5 rings (SSSR count). The molecule has 1 saturated heterocycles. The van der Waals surface area contributed by atoms with Gasteiger partial charge in [0.25, 0.3) is 0 Å². The molecule has 1 aliphatic heterocycles. The third-order valence-electron chi connectivity index (χ3n) is 8.41. The Morgan fingerprint density at radius 1 is 1.14 bits per heavy atom. The molecule has 3 fully saturated rings. The number of hydrogen-bond donors (Lipinski definition) is 2. The van der Waals surface area contributed by atoms with Crippen LogP contribution in [0.5, 0.6) is 5.75 Å². The number of amides is 1. The monoisotopic (exact) mass is 516 g/mol. The highest BCUT2D eigenvalue weighted by Crippen LogP contribution is 2.54. The van der Waals surface area contributed by atoms with Crippen molar-refractivity contribution in [3.63, 3.8) is 0 Å². The van der Waals surface area contributed by atoms with Crippen molar-refractivity contribution in [1.29, 1.82) is 0 Å². The molecule has 3 aliphatic rings. The van der Waals surface area contributed by atoms with Gasteiger partial charge in [0, 0.05) is 31.7 Å². The lowest BCUT2D eigenvalue weighted by Crippen LogP contribution is -2.68. The fourth-order valence-electron chi connectivity index (χ4n) is 6.45. The fraction of sp³-hybridized carbons (Fsp3) is 0.536. The summed E-state index contributed by atoms with van der Waals surface area (Å²) in [6.07, 6.45) is 6.38. The Hall–Kier alpha value is -1.79. The summed E-state index contributed by atoms with van der Waals surface area (Å²) in [5.74, 6) is 1.08. The molecular weight excluding hydrogens is 483 g/mol. The first-order chi connectivity index (χ1) is 16.8. The molecule has 0 bridgehead atoms. The minimum absolute atomic E-state index is 0.0180.